The van der Waals surface area contributed by atoms with Crippen LogP contribution in [0.2, 0.25) is 0 Å². The van der Waals surface area contributed by atoms with Gasteiger partial charge < -0.3 is 9.47 Å². The molecular formula is C18H28O4. The van der Waals surface area contributed by atoms with Crippen LogP contribution in [0.1, 0.15) is 53.9 Å². The van der Waals surface area contributed by atoms with Gasteiger partial charge in [-0.15, -0.1) is 0 Å². The third-order valence-corrected chi connectivity index (χ3v) is 6.23. The van der Waals surface area contributed by atoms with E-state index in [2.05, 4.69) is 27.7 Å². The van der Waals surface area contributed by atoms with Crippen LogP contribution >= 0.6 is 0 Å². The molecule has 4 heteroatoms. The Hall–Kier alpha value is -1.06. The molecule has 2 saturated carbocycles. The minimum Gasteiger partial charge on any atom is -0.458 e. The summed E-state index contributed by atoms with van der Waals surface area (Å²) in [6, 6.07) is 0. The molecule has 2 aliphatic carbocycles. The van der Waals surface area contributed by atoms with E-state index in [9.17, 15) is 9.59 Å². The predicted molar refractivity (Wildman–Crippen MR) is 81.9 cm³/mol. The Morgan fingerprint density at radius 3 is 2.59 bits per heavy atom. The van der Waals surface area contributed by atoms with Crippen molar-refractivity contribution < 1.29 is 19.1 Å². The Morgan fingerprint density at radius 1 is 1.32 bits per heavy atom. The Morgan fingerprint density at radius 2 is 2.00 bits per heavy atom. The van der Waals surface area contributed by atoms with Gasteiger partial charge in [0, 0.05) is 11.8 Å². The summed E-state index contributed by atoms with van der Waals surface area (Å²) in [7, 11) is 0. The molecule has 0 amide bonds. The largest absolute Gasteiger partial charge is 0.458 e. The molecule has 0 aromatic heterocycles. The summed E-state index contributed by atoms with van der Waals surface area (Å²) in [5.41, 5.74) is -0.474. The van der Waals surface area contributed by atoms with Gasteiger partial charge in [0.05, 0.1) is 11.3 Å². The Bertz CT molecular complexity index is 483. The highest BCUT2D eigenvalue weighted by Crippen LogP contribution is 2.55. The van der Waals surface area contributed by atoms with Crippen LogP contribution in [-0.4, -0.2) is 24.1 Å². The second-order valence-corrected chi connectivity index (χ2v) is 8.44. The highest BCUT2D eigenvalue weighted by atomic mass is 16.6. The second kappa shape index (κ2) is 5.24. The highest BCUT2D eigenvalue weighted by molar-refractivity contribution is 5.79. The maximum atomic E-state index is 12.9. The number of carbonyl (C=O) groups excluding carboxylic acids is 2. The quantitative estimate of drug-likeness (QED) is 0.732. The van der Waals surface area contributed by atoms with Gasteiger partial charge >= 0.3 is 11.9 Å². The number of ether oxygens (including phenoxy) is 2. The van der Waals surface area contributed by atoms with Crippen LogP contribution in [0.3, 0.4) is 0 Å². The first kappa shape index (κ1) is 15.8. The van der Waals surface area contributed by atoms with Gasteiger partial charge in [-0.05, 0) is 38.0 Å². The van der Waals surface area contributed by atoms with E-state index in [1.807, 2.05) is 6.92 Å². The zero-order valence-corrected chi connectivity index (χ0v) is 14.3. The van der Waals surface area contributed by atoms with E-state index < -0.39 is 5.41 Å². The smallest absolute Gasteiger partial charge is 0.312 e. The van der Waals surface area contributed by atoms with Crippen LogP contribution in [0.5, 0.6) is 0 Å². The highest BCUT2D eigenvalue weighted by Gasteiger charge is 2.63. The molecule has 1 heterocycles. The number of hydrogen-bond acceptors (Lipinski definition) is 4. The molecule has 3 rings (SSSR count). The van der Waals surface area contributed by atoms with Crippen molar-refractivity contribution in [2.45, 2.75) is 66.1 Å². The van der Waals surface area contributed by atoms with Crippen molar-refractivity contribution in [3.8, 4) is 0 Å². The molecule has 0 aromatic rings. The predicted octanol–water partition coefficient (Wildman–Crippen LogP) is 3.19. The molecule has 3 fully saturated rings. The molecule has 0 N–H and O–H groups in total. The summed E-state index contributed by atoms with van der Waals surface area (Å²) in [5.74, 6) is 1.13. The molecule has 2 bridgehead atoms. The fraction of sp³-hybridized carbons (Fsp3) is 0.889. The average molecular weight is 308 g/mol. The lowest BCUT2D eigenvalue weighted by Crippen LogP contribution is -2.43. The van der Waals surface area contributed by atoms with E-state index in [-0.39, 0.29) is 41.9 Å². The van der Waals surface area contributed by atoms with Gasteiger partial charge in [-0.2, -0.15) is 0 Å². The molecule has 124 valence electrons. The molecule has 0 aromatic carbocycles. The lowest BCUT2D eigenvalue weighted by molar-refractivity contribution is -0.174. The maximum Gasteiger partial charge on any atom is 0.312 e. The van der Waals surface area contributed by atoms with Crippen molar-refractivity contribution in [2.75, 3.05) is 0 Å². The fourth-order valence-electron chi connectivity index (χ4n) is 4.73. The monoisotopic (exact) mass is 308 g/mol. The first-order valence-electron chi connectivity index (χ1n) is 8.65. The van der Waals surface area contributed by atoms with E-state index >= 15 is 0 Å². The standard InChI is InChI=1S/C18H28O4/c1-9(2)8-18(5,10(3)4)17(20)22-14-11-6-12-13(7-11)16(19)21-15(12)14/h9-15H,6-8H2,1-5H3. The molecule has 6 atom stereocenters. The van der Waals surface area contributed by atoms with Gasteiger partial charge in [-0.25, -0.2) is 0 Å². The molecule has 3 aliphatic rings. The SMILES string of the molecule is CC(C)CC(C)(C(=O)OC1C2CC3C(=O)OC1C3C2)C(C)C. The van der Waals surface area contributed by atoms with Gasteiger partial charge in [-0.1, -0.05) is 27.7 Å². The summed E-state index contributed by atoms with van der Waals surface area (Å²) < 4.78 is 11.4. The van der Waals surface area contributed by atoms with Gasteiger partial charge in [0.1, 0.15) is 12.2 Å². The van der Waals surface area contributed by atoms with Crippen molar-refractivity contribution in [2.24, 2.45) is 35.0 Å². The van der Waals surface area contributed by atoms with Crippen molar-refractivity contribution in [1.82, 2.24) is 0 Å². The molecule has 22 heavy (non-hydrogen) atoms. The van der Waals surface area contributed by atoms with Gasteiger partial charge in [-0.3, -0.25) is 9.59 Å². The molecular weight excluding hydrogens is 280 g/mol. The first-order valence-corrected chi connectivity index (χ1v) is 8.65. The Balaban J connectivity index is 1.73. The zero-order valence-electron chi connectivity index (χ0n) is 14.3. The lowest BCUT2D eigenvalue weighted by Gasteiger charge is -2.36. The van der Waals surface area contributed by atoms with Crippen LogP contribution in [0.25, 0.3) is 0 Å². The Labute approximate surface area is 132 Å². The van der Waals surface area contributed by atoms with Gasteiger partial charge in [0.25, 0.3) is 0 Å². The number of carbonyl (C=O) groups is 2. The molecule has 6 unspecified atom stereocenters. The fourth-order valence-corrected chi connectivity index (χ4v) is 4.73. The van der Waals surface area contributed by atoms with E-state index in [1.165, 1.54) is 0 Å². The molecule has 4 nitrogen and oxygen atoms in total. The van der Waals surface area contributed by atoms with Crippen molar-refractivity contribution in [3.05, 3.63) is 0 Å². The van der Waals surface area contributed by atoms with Crippen molar-refractivity contribution in [1.29, 1.82) is 0 Å². The lowest BCUT2D eigenvalue weighted by atomic mass is 9.73. The van der Waals surface area contributed by atoms with E-state index in [4.69, 9.17) is 9.47 Å². The number of hydrogen-bond donors (Lipinski definition) is 0. The normalized spacial score (nSPS) is 38.5. The number of fused-ring (bicyclic) bond motifs is 1. The topological polar surface area (TPSA) is 52.6 Å². The summed E-state index contributed by atoms with van der Waals surface area (Å²) in [6.45, 7) is 10.4. The number of esters is 2. The molecule has 0 spiro atoms. The Kier molecular flexibility index (Phi) is 3.77. The van der Waals surface area contributed by atoms with Gasteiger partial charge in [0.15, 0.2) is 0 Å². The minimum absolute atomic E-state index is 0.0668. The second-order valence-electron chi connectivity index (χ2n) is 8.44. The minimum atomic E-state index is -0.474. The van der Waals surface area contributed by atoms with Crippen LogP contribution in [-0.2, 0) is 19.1 Å². The maximum absolute atomic E-state index is 12.9. The molecule has 0 radical (unpaired) electrons. The third-order valence-electron chi connectivity index (χ3n) is 6.23. The number of rotatable bonds is 5. The van der Waals surface area contributed by atoms with Crippen molar-refractivity contribution >= 4 is 11.9 Å². The molecule has 1 saturated heterocycles. The van der Waals surface area contributed by atoms with E-state index in [0.29, 0.717) is 11.8 Å². The third kappa shape index (κ3) is 2.26. The summed E-state index contributed by atoms with van der Waals surface area (Å²) >= 11 is 0. The van der Waals surface area contributed by atoms with Gasteiger partial charge in [0.2, 0.25) is 0 Å². The molecule has 1 aliphatic heterocycles. The zero-order chi connectivity index (χ0) is 16.2. The first-order chi connectivity index (χ1) is 10.2. The van der Waals surface area contributed by atoms with E-state index in [1.54, 1.807) is 0 Å². The summed E-state index contributed by atoms with van der Waals surface area (Å²) in [6.07, 6.45) is 2.22. The van der Waals surface area contributed by atoms with E-state index in [0.717, 1.165) is 19.3 Å². The summed E-state index contributed by atoms with van der Waals surface area (Å²) in [4.78, 5) is 24.7. The van der Waals surface area contributed by atoms with Crippen LogP contribution in [0.15, 0.2) is 0 Å². The van der Waals surface area contributed by atoms with Crippen LogP contribution in [0, 0.1) is 35.0 Å². The summed E-state index contributed by atoms with van der Waals surface area (Å²) in [5, 5.41) is 0. The average Bonchev–Trinajstić information content (AvgIpc) is 3.02. The van der Waals surface area contributed by atoms with Crippen LogP contribution < -0.4 is 0 Å². The van der Waals surface area contributed by atoms with Crippen LogP contribution in [0.4, 0.5) is 0 Å². The van der Waals surface area contributed by atoms with Crippen molar-refractivity contribution in [3.63, 3.8) is 0 Å².